The van der Waals surface area contributed by atoms with Crippen LogP contribution in [0.2, 0.25) is 0 Å². The molecule has 2 amide bonds. The summed E-state index contributed by atoms with van der Waals surface area (Å²) in [5.41, 5.74) is 14.4. The highest BCUT2D eigenvalue weighted by molar-refractivity contribution is 5.92. The van der Waals surface area contributed by atoms with Gasteiger partial charge in [0.1, 0.15) is 29.7 Å². The number of benzene rings is 2. The average molecular weight is 800 g/mol. The molecule has 3 aliphatic heterocycles. The van der Waals surface area contributed by atoms with E-state index in [-0.39, 0.29) is 36.2 Å². The van der Waals surface area contributed by atoms with Crippen LogP contribution in [0.4, 0.5) is 4.79 Å². The van der Waals surface area contributed by atoms with E-state index in [9.17, 15) is 14.7 Å². The number of fused-ring (bicyclic) bond motifs is 4. The van der Waals surface area contributed by atoms with Crippen LogP contribution in [0, 0.1) is 5.92 Å². The van der Waals surface area contributed by atoms with Crippen LogP contribution in [0.5, 0.6) is 0 Å². The van der Waals surface area contributed by atoms with Crippen molar-refractivity contribution < 1.29 is 24.2 Å². The normalized spacial score (nSPS) is 22.2. The van der Waals surface area contributed by atoms with E-state index >= 15 is 0 Å². The number of hydrogen-bond donors (Lipinski definition) is 5. The van der Waals surface area contributed by atoms with Crippen molar-refractivity contribution in [3.63, 3.8) is 0 Å². The first-order valence-electron chi connectivity index (χ1n) is 20.8. The maximum Gasteiger partial charge on any atom is 0.407 e. The van der Waals surface area contributed by atoms with E-state index in [1.54, 1.807) is 0 Å². The second-order valence-electron chi connectivity index (χ2n) is 16.6. The van der Waals surface area contributed by atoms with Crippen molar-refractivity contribution in [2.45, 2.75) is 95.9 Å². The number of hydrogen-bond acceptors (Lipinski definition) is 9. The van der Waals surface area contributed by atoms with Gasteiger partial charge in [-0.05, 0) is 81.2 Å². The molecule has 14 heteroatoms. The van der Waals surface area contributed by atoms with Crippen LogP contribution in [0.15, 0.2) is 78.8 Å². The van der Waals surface area contributed by atoms with Crippen LogP contribution < -0.4 is 11.1 Å². The van der Waals surface area contributed by atoms with Crippen LogP contribution in [0.3, 0.4) is 0 Å². The SMILES string of the molecule is COC(=O)NC(C(=O)N1CCCC1c1ncc(-c2ccc3c(c2)cc2n3C(c3ccccc3)OC3=C2CCC(c2cnc(C4CCCN4C(O)C(C)N)[nH]2)=C3)[nH]1)C(C)C. The van der Waals surface area contributed by atoms with E-state index in [0.717, 1.165) is 113 Å². The molecule has 0 spiro atoms. The van der Waals surface area contributed by atoms with Gasteiger partial charge in [0, 0.05) is 41.2 Å². The Morgan fingerprint density at radius 3 is 2.44 bits per heavy atom. The van der Waals surface area contributed by atoms with E-state index in [0.29, 0.717) is 6.54 Å². The Balaban J connectivity index is 1.02. The molecule has 1 aliphatic carbocycles. The first kappa shape index (κ1) is 38.8. The number of aliphatic hydroxyl groups is 1. The minimum atomic E-state index is -0.718. The number of alkyl carbamates (subject to hydrolysis) is 1. The summed E-state index contributed by atoms with van der Waals surface area (Å²) in [6, 6.07) is 17.8. The molecule has 2 aromatic carbocycles. The molecule has 6 atom stereocenters. The summed E-state index contributed by atoms with van der Waals surface area (Å²) in [4.78, 5) is 46.4. The Hall–Kier alpha value is -5.70. The minimum absolute atomic E-state index is 0.00743. The van der Waals surface area contributed by atoms with Crippen LogP contribution in [-0.4, -0.2) is 89.9 Å². The molecule has 4 aliphatic rings. The van der Waals surface area contributed by atoms with Gasteiger partial charge in [-0.25, -0.2) is 14.8 Å². The molecule has 9 rings (SSSR count). The van der Waals surface area contributed by atoms with Crippen molar-refractivity contribution in [1.29, 1.82) is 0 Å². The van der Waals surface area contributed by atoms with Crippen LogP contribution in [0.25, 0.3) is 33.3 Å². The summed E-state index contributed by atoms with van der Waals surface area (Å²) < 4.78 is 14.1. The molecule has 14 nitrogen and oxygen atoms in total. The molecule has 0 saturated carbocycles. The molecule has 6 N–H and O–H groups in total. The van der Waals surface area contributed by atoms with Crippen molar-refractivity contribution in [2.75, 3.05) is 20.2 Å². The van der Waals surface area contributed by atoms with Gasteiger partial charge in [-0.3, -0.25) is 9.69 Å². The second kappa shape index (κ2) is 15.8. The number of amides is 2. The fourth-order valence-corrected chi connectivity index (χ4v) is 9.38. The zero-order valence-electron chi connectivity index (χ0n) is 34.0. The zero-order valence-corrected chi connectivity index (χ0v) is 34.0. The Morgan fingerprint density at radius 2 is 1.68 bits per heavy atom. The molecule has 0 radical (unpaired) electrons. The lowest BCUT2D eigenvalue weighted by molar-refractivity contribution is -0.135. The maximum absolute atomic E-state index is 13.7. The Bertz CT molecular complexity index is 2430. The predicted octanol–water partition coefficient (Wildman–Crippen LogP) is 6.77. The quantitative estimate of drug-likeness (QED) is 0.102. The number of carbonyl (C=O) groups is 2. The summed E-state index contributed by atoms with van der Waals surface area (Å²) >= 11 is 0. The number of methoxy groups -OCH3 is 1. The van der Waals surface area contributed by atoms with Gasteiger partial charge in [0.15, 0.2) is 0 Å². The number of nitrogens with zero attached hydrogens (tertiary/aromatic N) is 5. The lowest BCUT2D eigenvalue weighted by atomic mass is 9.92. The number of aromatic nitrogens is 5. The standard InChI is InChI=1S/C45H53N9O5/c1-25(2)39(51-45(57)58-4)43(56)53-19-9-13-36(53)41-47-23-32(49-41)28-15-17-34-30(20-28)21-37-31-16-14-29(22-38(31)59-44(54(34)37)27-10-6-5-7-11-27)33-24-48-40(50-33)35-12-8-18-52(35)42(55)26(3)46/h5-7,10-11,15,17,20-26,35-36,39,42,44,55H,8-9,12-14,16,18-19,46H2,1-4H3,(H,47,49)(H,48,50)(H,51,57). The smallest absolute Gasteiger partial charge is 0.407 e. The molecule has 0 bridgehead atoms. The topological polar surface area (TPSA) is 180 Å². The number of ether oxygens (including phenoxy) is 2. The number of nitrogens with two attached hydrogens (primary N) is 1. The van der Waals surface area contributed by atoms with E-state index in [1.165, 1.54) is 7.11 Å². The van der Waals surface area contributed by atoms with E-state index < -0.39 is 18.4 Å². The lowest BCUT2D eigenvalue weighted by Crippen LogP contribution is -2.51. The number of aromatic amines is 2. The summed E-state index contributed by atoms with van der Waals surface area (Å²) in [6.45, 7) is 7.04. The van der Waals surface area contributed by atoms with E-state index in [2.05, 4.69) is 67.2 Å². The molecule has 6 unspecified atom stereocenters. The number of carbonyl (C=O) groups excluding carboxylic acids is 2. The molecular formula is C45H53N9O5. The molecule has 308 valence electrons. The molecule has 2 saturated heterocycles. The fourth-order valence-electron chi connectivity index (χ4n) is 9.38. The Kier molecular flexibility index (Phi) is 10.4. The predicted molar refractivity (Wildman–Crippen MR) is 224 cm³/mol. The first-order chi connectivity index (χ1) is 28.6. The average Bonchev–Trinajstić information content (AvgIpc) is 4.10. The van der Waals surface area contributed by atoms with Gasteiger partial charge in [-0.1, -0.05) is 50.2 Å². The van der Waals surface area contributed by atoms with Crippen molar-refractivity contribution in [3.8, 4) is 11.3 Å². The van der Waals surface area contributed by atoms with Crippen molar-refractivity contribution in [3.05, 3.63) is 107 Å². The van der Waals surface area contributed by atoms with Gasteiger partial charge in [-0.15, -0.1) is 0 Å². The van der Waals surface area contributed by atoms with Gasteiger partial charge in [0.25, 0.3) is 0 Å². The molecule has 3 aromatic heterocycles. The Morgan fingerprint density at radius 1 is 0.949 bits per heavy atom. The second-order valence-corrected chi connectivity index (χ2v) is 16.6. The molecule has 5 aromatic rings. The number of H-pyrrole nitrogens is 2. The van der Waals surface area contributed by atoms with Crippen LogP contribution in [0.1, 0.15) is 106 Å². The monoisotopic (exact) mass is 799 g/mol. The number of imidazole rings is 2. The number of nitrogens with one attached hydrogen (secondary N) is 3. The van der Waals surface area contributed by atoms with E-state index in [4.69, 9.17) is 25.2 Å². The highest BCUT2D eigenvalue weighted by atomic mass is 16.5. The summed E-state index contributed by atoms with van der Waals surface area (Å²) in [5, 5.41) is 14.6. The molecular weight excluding hydrogens is 747 g/mol. The number of aliphatic hydroxyl groups excluding tert-OH is 1. The van der Waals surface area contributed by atoms with Crippen LogP contribution >= 0.6 is 0 Å². The highest BCUT2D eigenvalue weighted by Gasteiger charge is 2.39. The zero-order chi connectivity index (χ0) is 40.9. The minimum Gasteiger partial charge on any atom is -0.466 e. The third-order valence-corrected chi connectivity index (χ3v) is 12.5. The van der Waals surface area contributed by atoms with Gasteiger partial charge < -0.3 is 45.1 Å². The number of likely N-dealkylation sites (tertiary alicyclic amines) is 2. The lowest BCUT2D eigenvalue weighted by Gasteiger charge is -2.33. The highest BCUT2D eigenvalue weighted by Crippen LogP contribution is 2.46. The number of rotatable bonds is 10. The van der Waals surface area contributed by atoms with Crippen molar-refractivity contribution in [2.24, 2.45) is 11.7 Å². The first-order valence-corrected chi connectivity index (χ1v) is 20.8. The molecule has 59 heavy (non-hydrogen) atoms. The van der Waals surface area contributed by atoms with Gasteiger partial charge in [-0.2, -0.15) is 0 Å². The largest absolute Gasteiger partial charge is 0.466 e. The van der Waals surface area contributed by atoms with Crippen LogP contribution in [-0.2, 0) is 14.3 Å². The molecule has 6 heterocycles. The fraction of sp³-hybridized carbons (Fsp3) is 0.422. The summed E-state index contributed by atoms with van der Waals surface area (Å²) in [6.07, 6.45) is 9.34. The third-order valence-electron chi connectivity index (χ3n) is 12.5. The third kappa shape index (κ3) is 7.12. The summed E-state index contributed by atoms with van der Waals surface area (Å²) in [7, 11) is 1.30. The maximum atomic E-state index is 13.7. The van der Waals surface area contributed by atoms with Gasteiger partial charge in [0.05, 0.1) is 54.2 Å². The molecule has 2 fully saturated rings. The number of allylic oxidation sites excluding steroid dienone is 3. The van der Waals surface area contributed by atoms with Gasteiger partial charge >= 0.3 is 6.09 Å². The summed E-state index contributed by atoms with van der Waals surface area (Å²) in [5.74, 6) is 2.19. The Labute approximate surface area is 343 Å². The van der Waals surface area contributed by atoms with Crippen molar-refractivity contribution >= 4 is 34.0 Å². The van der Waals surface area contributed by atoms with Crippen molar-refractivity contribution in [1.82, 2.24) is 39.6 Å². The van der Waals surface area contributed by atoms with Gasteiger partial charge in [0.2, 0.25) is 12.1 Å². The van der Waals surface area contributed by atoms with E-state index in [1.807, 2.05) is 56.3 Å².